The molecule has 0 saturated heterocycles. The minimum Gasteiger partial charge on any atom is -0.272 e. The zero-order valence-electron chi connectivity index (χ0n) is 6.32. The Morgan fingerprint density at radius 3 is 2.33 bits per heavy atom. The molecule has 0 fully saturated rings. The molecule has 0 N–H and O–H groups in total. The van der Waals surface area contributed by atoms with Crippen LogP contribution >= 0.6 is 11.6 Å². The smallest absolute Gasteiger partial charge is 0.272 e. The van der Waals surface area contributed by atoms with E-state index < -0.39 is 11.7 Å². The van der Waals surface area contributed by atoms with Crippen molar-refractivity contribution in [1.82, 2.24) is 0 Å². The second-order valence-electron chi connectivity index (χ2n) is 1.97. The maximum absolute atomic E-state index is 11.9. The third kappa shape index (κ3) is 3.57. The molecule has 0 spiro atoms. The number of hydrogen-bond donors (Lipinski definition) is 0. The van der Waals surface area contributed by atoms with Crippen LogP contribution in [-0.2, 0) is 0 Å². The number of allylic oxidation sites excluding steroid dienone is 3. The van der Waals surface area contributed by atoms with Crippen molar-refractivity contribution in [3.8, 4) is 0 Å². The molecule has 0 amide bonds. The topological polar surface area (TPSA) is 12.4 Å². The van der Waals surface area contributed by atoms with Gasteiger partial charge in [-0.15, -0.1) is 0 Å². The summed E-state index contributed by atoms with van der Waals surface area (Å²) in [6.07, 6.45) is -2.25. The summed E-state index contributed by atoms with van der Waals surface area (Å²) in [6.45, 7) is 3.95. The summed E-state index contributed by atoms with van der Waals surface area (Å²) in [5, 5.41) is -0.380. The average Bonchev–Trinajstić information content (AvgIpc) is 1.97. The highest BCUT2D eigenvalue weighted by Crippen LogP contribution is 2.29. The maximum atomic E-state index is 11.9. The van der Waals surface area contributed by atoms with Gasteiger partial charge < -0.3 is 0 Å². The zero-order chi connectivity index (χ0) is 9.78. The summed E-state index contributed by atoms with van der Waals surface area (Å²) in [6, 6.07) is 0. The van der Waals surface area contributed by atoms with Crippen LogP contribution < -0.4 is 0 Å². The molecule has 0 aliphatic heterocycles. The molecule has 0 rings (SSSR count). The molecule has 0 aliphatic rings. The fourth-order valence-corrected chi connectivity index (χ4v) is 0.542. The lowest BCUT2D eigenvalue weighted by atomic mass is 10.2. The minimum atomic E-state index is -4.39. The quantitative estimate of drug-likeness (QED) is 0.476. The third-order valence-corrected chi connectivity index (χ3v) is 1.52. The molecule has 68 valence electrons. The monoisotopic (exact) mass is 197 g/mol. The first kappa shape index (κ1) is 11.2. The molecule has 0 atom stereocenters. The van der Waals surface area contributed by atoms with Crippen LogP contribution in [0.15, 0.2) is 27.9 Å². The van der Waals surface area contributed by atoms with Gasteiger partial charge in [-0.05, 0) is 19.7 Å². The van der Waals surface area contributed by atoms with Gasteiger partial charge in [0.15, 0.2) is 0 Å². The summed E-state index contributed by atoms with van der Waals surface area (Å²) >= 11 is 5.28. The Morgan fingerprint density at radius 1 is 1.50 bits per heavy atom. The van der Waals surface area contributed by atoms with Gasteiger partial charge in [0.1, 0.15) is 0 Å². The summed E-state index contributed by atoms with van der Waals surface area (Å²) < 4.78 is 35.7. The van der Waals surface area contributed by atoms with Crippen molar-refractivity contribution < 1.29 is 13.2 Å². The van der Waals surface area contributed by atoms with E-state index in [2.05, 4.69) is 11.7 Å². The fraction of sp³-hybridized carbons (Fsp3) is 0.286. The Labute approximate surface area is 73.2 Å². The second kappa shape index (κ2) is 4.30. The van der Waals surface area contributed by atoms with Crippen LogP contribution in [-0.4, -0.2) is 12.9 Å². The molecule has 0 aromatic heterocycles. The number of alkyl halides is 3. The second-order valence-corrected chi connectivity index (χ2v) is 2.38. The zero-order valence-corrected chi connectivity index (χ0v) is 7.08. The van der Waals surface area contributed by atoms with Gasteiger partial charge in [0.25, 0.3) is 0 Å². The van der Waals surface area contributed by atoms with Crippen LogP contribution in [0.1, 0.15) is 6.92 Å². The van der Waals surface area contributed by atoms with Crippen LogP contribution in [0.3, 0.4) is 0 Å². The lowest BCUT2D eigenvalue weighted by Gasteiger charge is -2.06. The fourth-order valence-electron chi connectivity index (χ4n) is 0.379. The third-order valence-electron chi connectivity index (χ3n) is 1.11. The number of aliphatic imine (C=N–C) groups is 1. The average molecular weight is 198 g/mol. The summed E-state index contributed by atoms with van der Waals surface area (Å²) in [5.41, 5.74) is -0.843. The van der Waals surface area contributed by atoms with Crippen LogP contribution in [0.25, 0.3) is 0 Å². The van der Waals surface area contributed by atoms with Gasteiger partial charge in [-0.2, -0.15) is 13.2 Å². The lowest BCUT2D eigenvalue weighted by molar-refractivity contribution is -0.0915. The highest BCUT2D eigenvalue weighted by Gasteiger charge is 2.31. The molecule has 0 heterocycles. The Kier molecular flexibility index (Phi) is 4.03. The molecular formula is C7H7ClF3N. The van der Waals surface area contributed by atoms with Gasteiger partial charge in [-0.25, -0.2) is 0 Å². The van der Waals surface area contributed by atoms with E-state index in [0.29, 0.717) is 0 Å². The van der Waals surface area contributed by atoms with E-state index in [9.17, 15) is 13.2 Å². The van der Waals surface area contributed by atoms with Crippen LogP contribution in [0, 0.1) is 0 Å². The van der Waals surface area contributed by atoms with Crippen LogP contribution in [0.4, 0.5) is 13.2 Å². The van der Waals surface area contributed by atoms with Gasteiger partial charge in [0.05, 0.1) is 0 Å². The number of rotatable bonds is 2. The maximum Gasteiger partial charge on any atom is 0.413 e. The van der Waals surface area contributed by atoms with E-state index in [1.807, 2.05) is 0 Å². The van der Waals surface area contributed by atoms with Crippen molar-refractivity contribution in [1.29, 1.82) is 0 Å². The first-order valence-corrected chi connectivity index (χ1v) is 3.33. The first-order valence-electron chi connectivity index (χ1n) is 2.95. The molecule has 0 bridgehead atoms. The summed E-state index contributed by atoms with van der Waals surface area (Å²) in [7, 11) is 0. The van der Waals surface area contributed by atoms with Crippen molar-refractivity contribution >= 4 is 18.3 Å². The number of hydrogen-bond acceptors (Lipinski definition) is 1. The van der Waals surface area contributed by atoms with Crippen molar-refractivity contribution in [3.05, 3.63) is 22.9 Å². The molecule has 0 aliphatic carbocycles. The molecular weight excluding hydrogens is 191 g/mol. The van der Waals surface area contributed by atoms with E-state index in [1.165, 1.54) is 0 Å². The predicted octanol–water partition coefficient (Wildman–Crippen LogP) is 3.28. The lowest BCUT2D eigenvalue weighted by Crippen LogP contribution is -2.09. The van der Waals surface area contributed by atoms with Crippen LogP contribution in [0.2, 0.25) is 0 Å². The van der Waals surface area contributed by atoms with Crippen molar-refractivity contribution in [2.45, 2.75) is 13.1 Å². The minimum absolute atomic E-state index is 0.380. The normalized spacial score (nSPS) is 14.8. The van der Waals surface area contributed by atoms with Crippen molar-refractivity contribution in [2.24, 2.45) is 4.99 Å². The SMILES string of the molecule is C=N/C=C\C(Cl)=C(/C)C(F)(F)F. The molecule has 0 unspecified atom stereocenters. The molecule has 12 heavy (non-hydrogen) atoms. The summed E-state index contributed by atoms with van der Waals surface area (Å²) in [5.74, 6) is 0. The van der Waals surface area contributed by atoms with E-state index in [4.69, 9.17) is 11.6 Å². The van der Waals surface area contributed by atoms with Gasteiger partial charge in [0, 0.05) is 16.8 Å². The number of halogens is 4. The molecule has 0 radical (unpaired) electrons. The van der Waals surface area contributed by atoms with E-state index in [1.54, 1.807) is 0 Å². The first-order chi connectivity index (χ1) is 5.39. The predicted molar refractivity (Wildman–Crippen MR) is 43.3 cm³/mol. The van der Waals surface area contributed by atoms with Gasteiger partial charge in [0.2, 0.25) is 0 Å². The Hall–Kier alpha value is -0.770. The van der Waals surface area contributed by atoms with Gasteiger partial charge in [-0.3, -0.25) is 4.99 Å². The van der Waals surface area contributed by atoms with Gasteiger partial charge in [-0.1, -0.05) is 11.6 Å². The number of nitrogens with zero attached hydrogens (tertiary/aromatic N) is 1. The standard InChI is InChI=1S/C7H7ClF3N/c1-5(7(9,10)11)6(8)3-4-12-2/h3-4H,2H2,1H3/b4-3-,6-5-. The van der Waals surface area contributed by atoms with Crippen LogP contribution in [0.5, 0.6) is 0 Å². The highest BCUT2D eigenvalue weighted by atomic mass is 35.5. The van der Waals surface area contributed by atoms with E-state index >= 15 is 0 Å². The van der Waals surface area contributed by atoms with Crippen molar-refractivity contribution in [2.75, 3.05) is 0 Å². The molecule has 5 heteroatoms. The van der Waals surface area contributed by atoms with Crippen molar-refractivity contribution in [3.63, 3.8) is 0 Å². The highest BCUT2D eigenvalue weighted by molar-refractivity contribution is 6.31. The molecule has 0 aromatic carbocycles. The largest absolute Gasteiger partial charge is 0.413 e. The Morgan fingerprint density at radius 2 is 2.00 bits per heavy atom. The molecule has 1 nitrogen and oxygen atoms in total. The molecule has 0 aromatic rings. The molecule has 0 saturated carbocycles. The van der Waals surface area contributed by atoms with E-state index in [0.717, 1.165) is 19.2 Å². The summed E-state index contributed by atoms with van der Waals surface area (Å²) in [4.78, 5) is 3.22. The van der Waals surface area contributed by atoms with Gasteiger partial charge >= 0.3 is 6.18 Å². The van der Waals surface area contributed by atoms with E-state index in [-0.39, 0.29) is 5.03 Å². The Bertz CT molecular complexity index is 227. The Balaban J connectivity index is 4.69.